The molecule has 24 heavy (non-hydrogen) atoms. The van der Waals surface area contributed by atoms with Gasteiger partial charge in [-0.05, 0) is 52.0 Å². The highest BCUT2D eigenvalue weighted by Gasteiger charge is 2.37. The van der Waals surface area contributed by atoms with E-state index in [9.17, 15) is 14.4 Å². The van der Waals surface area contributed by atoms with Crippen LogP contribution in [0.4, 0.5) is 0 Å². The van der Waals surface area contributed by atoms with Crippen LogP contribution in [0.5, 0.6) is 0 Å². The molecule has 0 unspecified atom stereocenters. The summed E-state index contributed by atoms with van der Waals surface area (Å²) in [5, 5.41) is 5.25. The second kappa shape index (κ2) is 6.22. The number of rotatable bonds is 3. The fourth-order valence-corrected chi connectivity index (χ4v) is 3.41. The molecule has 2 heterocycles. The van der Waals surface area contributed by atoms with Crippen molar-refractivity contribution in [3.63, 3.8) is 0 Å². The summed E-state index contributed by atoms with van der Waals surface area (Å²) in [5.41, 5.74) is 2.72. The first-order valence-corrected chi connectivity index (χ1v) is 8.26. The van der Waals surface area contributed by atoms with Gasteiger partial charge in [0.25, 0.3) is 11.8 Å². The summed E-state index contributed by atoms with van der Waals surface area (Å²) in [6.45, 7) is 5.42. The Hall–Kier alpha value is -2.44. The van der Waals surface area contributed by atoms with Crippen LogP contribution in [0, 0.1) is 13.8 Å². The molecule has 1 aliphatic carbocycles. The Morgan fingerprint density at radius 1 is 1.21 bits per heavy atom. The molecule has 1 saturated carbocycles. The lowest BCUT2D eigenvalue weighted by Gasteiger charge is -2.24. The van der Waals surface area contributed by atoms with E-state index < -0.39 is 11.9 Å². The van der Waals surface area contributed by atoms with Gasteiger partial charge in [-0.25, -0.2) is 4.79 Å². The number of carbonyl (C=O) groups is 3. The van der Waals surface area contributed by atoms with E-state index >= 15 is 0 Å². The van der Waals surface area contributed by atoms with E-state index in [0.717, 1.165) is 36.4 Å². The number of fused-ring (bicyclic) bond motifs is 1. The summed E-state index contributed by atoms with van der Waals surface area (Å²) >= 11 is 0. The maximum absolute atomic E-state index is 12.8. The lowest BCUT2D eigenvalue weighted by atomic mass is 10.1. The zero-order valence-corrected chi connectivity index (χ0v) is 14.2. The average Bonchev–Trinajstić information content (AvgIpc) is 3.11. The number of carbonyl (C=O) groups excluding carboxylic acids is 3. The van der Waals surface area contributed by atoms with Crippen molar-refractivity contribution in [2.24, 2.45) is 5.10 Å². The molecule has 0 spiro atoms. The van der Waals surface area contributed by atoms with Crippen LogP contribution in [-0.4, -0.2) is 39.7 Å². The molecule has 128 valence electrons. The Balaban J connectivity index is 2.03. The molecule has 1 fully saturated rings. The Kier molecular flexibility index (Phi) is 4.26. The highest BCUT2D eigenvalue weighted by atomic mass is 16.5. The van der Waals surface area contributed by atoms with E-state index in [1.807, 2.05) is 0 Å². The van der Waals surface area contributed by atoms with Crippen molar-refractivity contribution in [1.29, 1.82) is 0 Å². The Morgan fingerprint density at radius 2 is 1.88 bits per heavy atom. The molecule has 7 heteroatoms. The highest BCUT2D eigenvalue weighted by Crippen LogP contribution is 2.28. The summed E-state index contributed by atoms with van der Waals surface area (Å²) in [6, 6.07) is 0. The number of ether oxygens (including phenoxy) is 1. The quantitative estimate of drug-likeness (QED) is 0.628. The summed E-state index contributed by atoms with van der Waals surface area (Å²) in [7, 11) is 0. The molecule has 1 aliphatic heterocycles. The molecule has 2 amide bonds. The molecule has 1 aromatic heterocycles. The lowest BCUT2D eigenvalue weighted by Crippen LogP contribution is -2.42. The summed E-state index contributed by atoms with van der Waals surface area (Å²) < 4.78 is 6.67. The number of amides is 2. The third kappa shape index (κ3) is 2.53. The predicted octanol–water partition coefficient (Wildman–Crippen LogP) is 2.19. The summed E-state index contributed by atoms with van der Waals surface area (Å²) in [6.07, 6.45) is 3.72. The van der Waals surface area contributed by atoms with Crippen LogP contribution < -0.4 is 0 Å². The number of hydrogen-bond donors (Lipinski definition) is 0. The van der Waals surface area contributed by atoms with Crippen molar-refractivity contribution in [3.8, 4) is 0 Å². The summed E-state index contributed by atoms with van der Waals surface area (Å²) in [4.78, 5) is 37.4. The molecule has 7 nitrogen and oxygen atoms in total. The first kappa shape index (κ1) is 16.4. The maximum atomic E-state index is 12.8. The van der Waals surface area contributed by atoms with Gasteiger partial charge in [-0.3, -0.25) is 9.59 Å². The van der Waals surface area contributed by atoms with Crippen molar-refractivity contribution < 1.29 is 19.1 Å². The van der Waals surface area contributed by atoms with E-state index in [1.54, 1.807) is 25.3 Å². The van der Waals surface area contributed by atoms with Crippen molar-refractivity contribution in [2.75, 3.05) is 6.61 Å². The number of esters is 1. The zero-order valence-electron chi connectivity index (χ0n) is 14.2. The second-order valence-electron chi connectivity index (χ2n) is 6.12. The van der Waals surface area contributed by atoms with Gasteiger partial charge in [0, 0.05) is 11.4 Å². The predicted molar refractivity (Wildman–Crippen MR) is 86.9 cm³/mol. The van der Waals surface area contributed by atoms with Crippen LogP contribution in [0.25, 0.3) is 0 Å². The molecule has 0 atom stereocenters. The Bertz CT molecular complexity index is 752. The van der Waals surface area contributed by atoms with Gasteiger partial charge in [0.05, 0.1) is 12.2 Å². The molecule has 0 bridgehead atoms. The highest BCUT2D eigenvalue weighted by molar-refractivity contribution is 6.10. The van der Waals surface area contributed by atoms with Crippen LogP contribution in [0.15, 0.2) is 5.10 Å². The molecule has 0 aromatic carbocycles. The number of hydrogen-bond acceptors (Lipinski definition) is 5. The van der Waals surface area contributed by atoms with Gasteiger partial charge in [0.2, 0.25) is 0 Å². The van der Waals surface area contributed by atoms with Gasteiger partial charge < -0.3 is 9.30 Å². The zero-order chi connectivity index (χ0) is 17.4. The first-order chi connectivity index (χ1) is 11.5. The summed E-state index contributed by atoms with van der Waals surface area (Å²) in [5.74, 6) is -1.31. The SMILES string of the molecule is CCOC(=O)c1c(C)c2n(c1C)CC(=O)N(N=C1CCCC1)C2=O. The van der Waals surface area contributed by atoms with Crippen molar-refractivity contribution in [2.45, 2.75) is 53.0 Å². The van der Waals surface area contributed by atoms with E-state index in [2.05, 4.69) is 5.10 Å². The molecule has 3 rings (SSSR count). The van der Waals surface area contributed by atoms with Crippen molar-refractivity contribution >= 4 is 23.5 Å². The van der Waals surface area contributed by atoms with E-state index in [0.29, 0.717) is 22.5 Å². The van der Waals surface area contributed by atoms with E-state index in [1.165, 1.54) is 0 Å². The number of nitrogens with zero attached hydrogens (tertiary/aromatic N) is 3. The largest absolute Gasteiger partial charge is 0.462 e. The Morgan fingerprint density at radius 3 is 2.50 bits per heavy atom. The average molecular weight is 331 g/mol. The van der Waals surface area contributed by atoms with Gasteiger partial charge in [-0.2, -0.15) is 10.1 Å². The standard InChI is InChI=1S/C17H21N3O4/c1-4-24-17(23)14-10(2)15-16(22)20(18-12-7-5-6-8-12)13(21)9-19(15)11(14)3/h4-9H2,1-3H3. The molecule has 0 saturated heterocycles. The van der Waals surface area contributed by atoms with Crippen molar-refractivity contribution in [3.05, 3.63) is 22.5 Å². The maximum Gasteiger partial charge on any atom is 0.340 e. The second-order valence-corrected chi connectivity index (χ2v) is 6.12. The smallest absolute Gasteiger partial charge is 0.340 e. The minimum atomic E-state index is -0.471. The Labute approximate surface area is 140 Å². The van der Waals surface area contributed by atoms with Crippen LogP contribution >= 0.6 is 0 Å². The molecule has 0 N–H and O–H groups in total. The van der Waals surface area contributed by atoms with Gasteiger partial charge in [-0.1, -0.05) is 0 Å². The molecule has 1 aromatic rings. The monoisotopic (exact) mass is 331 g/mol. The molecule has 0 radical (unpaired) electrons. The third-order valence-corrected chi connectivity index (χ3v) is 4.59. The van der Waals surface area contributed by atoms with Crippen LogP contribution in [-0.2, 0) is 16.1 Å². The first-order valence-electron chi connectivity index (χ1n) is 8.26. The molecule has 2 aliphatic rings. The van der Waals surface area contributed by atoms with Crippen LogP contribution in [0.3, 0.4) is 0 Å². The minimum Gasteiger partial charge on any atom is -0.462 e. The van der Waals surface area contributed by atoms with E-state index in [-0.39, 0.29) is 19.1 Å². The van der Waals surface area contributed by atoms with E-state index in [4.69, 9.17) is 4.74 Å². The molecular weight excluding hydrogens is 310 g/mol. The number of imide groups is 1. The van der Waals surface area contributed by atoms with Crippen molar-refractivity contribution in [1.82, 2.24) is 9.58 Å². The molecular formula is C17H21N3O4. The minimum absolute atomic E-state index is 0.00390. The van der Waals surface area contributed by atoms with Gasteiger partial charge >= 0.3 is 5.97 Å². The van der Waals surface area contributed by atoms with Crippen LogP contribution in [0.1, 0.15) is 64.7 Å². The van der Waals surface area contributed by atoms with Gasteiger partial charge in [0.1, 0.15) is 12.2 Å². The lowest BCUT2D eigenvalue weighted by molar-refractivity contribution is -0.130. The third-order valence-electron chi connectivity index (χ3n) is 4.59. The van der Waals surface area contributed by atoms with Gasteiger partial charge in [0.15, 0.2) is 0 Å². The number of aromatic nitrogens is 1. The fourth-order valence-electron chi connectivity index (χ4n) is 3.41. The fraction of sp³-hybridized carbons (Fsp3) is 0.529. The number of hydrazone groups is 1. The normalized spacial score (nSPS) is 17.3. The topological polar surface area (TPSA) is 81.0 Å². The van der Waals surface area contributed by atoms with Crippen LogP contribution in [0.2, 0.25) is 0 Å². The van der Waals surface area contributed by atoms with Gasteiger partial charge in [-0.15, -0.1) is 0 Å².